The van der Waals surface area contributed by atoms with Gasteiger partial charge in [-0.25, -0.2) is 0 Å². The van der Waals surface area contributed by atoms with Crippen molar-refractivity contribution in [2.45, 2.75) is 51.1 Å². The number of carbonyl (C=O) groups excluding carboxylic acids is 2. The van der Waals surface area contributed by atoms with E-state index in [0.29, 0.717) is 25.5 Å². The maximum Gasteiger partial charge on any atom is 0.248 e. The minimum Gasteiger partial charge on any atom is -0.385 e. The summed E-state index contributed by atoms with van der Waals surface area (Å²) in [6.45, 7) is 4.98. The lowest BCUT2D eigenvalue weighted by Crippen LogP contribution is -2.69. The molecule has 1 heterocycles. The number of hydrogen-bond acceptors (Lipinski definition) is 3. The molecule has 1 saturated carbocycles. The van der Waals surface area contributed by atoms with E-state index in [1.807, 2.05) is 13.8 Å². The molecule has 108 valence electrons. The predicted octanol–water partition coefficient (Wildman–Crippen LogP) is 0.929. The van der Waals surface area contributed by atoms with Crippen LogP contribution in [0.2, 0.25) is 0 Å². The first-order valence-electron chi connectivity index (χ1n) is 7.15. The Morgan fingerprint density at radius 3 is 2.63 bits per heavy atom. The molecule has 2 atom stereocenters. The Morgan fingerprint density at radius 2 is 2.11 bits per heavy atom. The van der Waals surface area contributed by atoms with E-state index in [1.165, 1.54) is 0 Å². The third-order valence-electron chi connectivity index (χ3n) is 4.26. The fraction of sp³-hybridized carbons (Fsp3) is 0.857. The van der Waals surface area contributed by atoms with E-state index in [0.717, 1.165) is 19.3 Å². The lowest BCUT2D eigenvalue weighted by Gasteiger charge is -2.44. The number of carbonyl (C=O) groups is 2. The Hall–Kier alpha value is -1.10. The molecule has 5 nitrogen and oxygen atoms in total. The summed E-state index contributed by atoms with van der Waals surface area (Å²) in [4.78, 5) is 26.7. The number of amides is 2. The molecular weight excluding hydrogens is 244 g/mol. The van der Waals surface area contributed by atoms with Crippen molar-refractivity contribution >= 4 is 11.8 Å². The smallest absolute Gasteiger partial charge is 0.248 e. The van der Waals surface area contributed by atoms with Crippen molar-refractivity contribution in [3.05, 3.63) is 0 Å². The van der Waals surface area contributed by atoms with Crippen LogP contribution in [-0.4, -0.2) is 48.6 Å². The fourth-order valence-corrected chi connectivity index (χ4v) is 2.72. The first-order chi connectivity index (χ1) is 9.03. The highest BCUT2D eigenvalue weighted by Gasteiger charge is 2.51. The molecule has 19 heavy (non-hydrogen) atoms. The third-order valence-corrected chi connectivity index (χ3v) is 4.26. The highest BCUT2D eigenvalue weighted by atomic mass is 16.5. The molecule has 0 spiro atoms. The van der Waals surface area contributed by atoms with E-state index in [2.05, 4.69) is 5.32 Å². The van der Waals surface area contributed by atoms with Gasteiger partial charge in [0.25, 0.3) is 0 Å². The number of hydrogen-bond donors (Lipinski definition) is 1. The second kappa shape index (κ2) is 5.49. The number of rotatable bonds is 6. The van der Waals surface area contributed by atoms with Crippen LogP contribution < -0.4 is 5.32 Å². The van der Waals surface area contributed by atoms with E-state index in [4.69, 9.17) is 4.74 Å². The van der Waals surface area contributed by atoms with Gasteiger partial charge in [-0.15, -0.1) is 0 Å². The Balaban J connectivity index is 2.14. The normalized spacial score (nSPS) is 31.5. The summed E-state index contributed by atoms with van der Waals surface area (Å²) >= 11 is 0. The second-order valence-corrected chi connectivity index (χ2v) is 5.80. The topological polar surface area (TPSA) is 58.6 Å². The van der Waals surface area contributed by atoms with Crippen molar-refractivity contribution in [3.63, 3.8) is 0 Å². The molecule has 0 aromatic carbocycles. The van der Waals surface area contributed by atoms with Gasteiger partial charge in [0.05, 0.1) is 0 Å². The summed E-state index contributed by atoms with van der Waals surface area (Å²) < 4.78 is 5.05. The SMILES string of the molecule is CCC1(C)NC(=O)C(C2CC2)N(CCCOC)C1=O. The molecule has 2 aliphatic rings. The molecule has 1 aliphatic carbocycles. The number of methoxy groups -OCH3 is 1. The highest BCUT2D eigenvalue weighted by Crippen LogP contribution is 2.38. The Kier molecular flexibility index (Phi) is 4.13. The van der Waals surface area contributed by atoms with Gasteiger partial charge in [0.2, 0.25) is 11.8 Å². The molecular formula is C14H24N2O3. The number of piperazine rings is 1. The Bertz CT molecular complexity index is 368. The molecule has 1 saturated heterocycles. The van der Waals surface area contributed by atoms with Gasteiger partial charge in [0.1, 0.15) is 11.6 Å². The molecule has 0 aromatic heterocycles. The van der Waals surface area contributed by atoms with Gasteiger partial charge in [-0.2, -0.15) is 0 Å². The third kappa shape index (κ3) is 2.76. The van der Waals surface area contributed by atoms with Crippen molar-refractivity contribution in [2.24, 2.45) is 5.92 Å². The lowest BCUT2D eigenvalue weighted by atomic mass is 9.90. The minimum absolute atomic E-state index is 0.0175. The summed E-state index contributed by atoms with van der Waals surface area (Å²) in [6.07, 6.45) is 3.50. The summed E-state index contributed by atoms with van der Waals surface area (Å²) in [5.41, 5.74) is -0.741. The predicted molar refractivity (Wildman–Crippen MR) is 71.6 cm³/mol. The highest BCUT2D eigenvalue weighted by molar-refractivity contribution is 5.99. The lowest BCUT2D eigenvalue weighted by molar-refractivity contribution is -0.155. The van der Waals surface area contributed by atoms with Crippen LogP contribution in [0.4, 0.5) is 0 Å². The molecule has 0 aromatic rings. The van der Waals surface area contributed by atoms with Gasteiger partial charge in [0.15, 0.2) is 0 Å². The van der Waals surface area contributed by atoms with E-state index in [9.17, 15) is 9.59 Å². The van der Waals surface area contributed by atoms with Crippen molar-refractivity contribution < 1.29 is 14.3 Å². The average molecular weight is 268 g/mol. The monoisotopic (exact) mass is 268 g/mol. The van der Waals surface area contributed by atoms with Crippen LogP contribution >= 0.6 is 0 Å². The van der Waals surface area contributed by atoms with Crippen molar-refractivity contribution in [2.75, 3.05) is 20.3 Å². The fourth-order valence-electron chi connectivity index (χ4n) is 2.72. The zero-order valence-corrected chi connectivity index (χ0v) is 12.1. The summed E-state index contributed by atoms with van der Waals surface area (Å²) in [5.74, 6) is 0.430. The average Bonchev–Trinajstić information content (AvgIpc) is 3.20. The summed E-state index contributed by atoms with van der Waals surface area (Å²) in [5, 5.41) is 2.92. The molecule has 2 unspecified atom stereocenters. The number of nitrogens with one attached hydrogen (secondary N) is 1. The largest absolute Gasteiger partial charge is 0.385 e. The van der Waals surface area contributed by atoms with E-state index in [-0.39, 0.29) is 17.9 Å². The molecule has 2 fully saturated rings. The second-order valence-electron chi connectivity index (χ2n) is 5.80. The van der Waals surface area contributed by atoms with Gasteiger partial charge in [-0.3, -0.25) is 9.59 Å². The van der Waals surface area contributed by atoms with Crippen LogP contribution in [0.15, 0.2) is 0 Å². The van der Waals surface area contributed by atoms with Crippen LogP contribution in [0.5, 0.6) is 0 Å². The molecule has 5 heteroatoms. The zero-order chi connectivity index (χ0) is 14.0. The van der Waals surface area contributed by atoms with Crippen LogP contribution in [0, 0.1) is 5.92 Å². The summed E-state index contributed by atoms with van der Waals surface area (Å²) in [6, 6.07) is -0.260. The maximum atomic E-state index is 12.6. The van der Waals surface area contributed by atoms with E-state index in [1.54, 1.807) is 12.0 Å². The first-order valence-corrected chi connectivity index (χ1v) is 7.15. The zero-order valence-electron chi connectivity index (χ0n) is 12.1. The quantitative estimate of drug-likeness (QED) is 0.729. The van der Waals surface area contributed by atoms with E-state index < -0.39 is 5.54 Å². The molecule has 1 N–H and O–H groups in total. The van der Waals surface area contributed by atoms with Crippen LogP contribution in [-0.2, 0) is 14.3 Å². The van der Waals surface area contributed by atoms with Crippen molar-refractivity contribution in [3.8, 4) is 0 Å². The van der Waals surface area contributed by atoms with Crippen LogP contribution in [0.25, 0.3) is 0 Å². The van der Waals surface area contributed by atoms with Gasteiger partial charge < -0.3 is 15.0 Å². The summed E-state index contributed by atoms with van der Waals surface area (Å²) in [7, 11) is 1.65. The standard InChI is InChI=1S/C14H24N2O3/c1-4-14(2)13(18)16(8-5-9-19-3)11(10-6-7-10)12(17)15-14/h10-11H,4-9H2,1-3H3,(H,15,17). The number of ether oxygens (including phenoxy) is 1. The Labute approximate surface area is 114 Å². The molecule has 2 amide bonds. The van der Waals surface area contributed by atoms with Crippen LogP contribution in [0.3, 0.4) is 0 Å². The van der Waals surface area contributed by atoms with Crippen molar-refractivity contribution in [1.82, 2.24) is 10.2 Å². The first kappa shape index (κ1) is 14.3. The van der Waals surface area contributed by atoms with Gasteiger partial charge in [-0.05, 0) is 38.5 Å². The molecule has 1 aliphatic heterocycles. The van der Waals surface area contributed by atoms with E-state index >= 15 is 0 Å². The van der Waals surface area contributed by atoms with Crippen LogP contribution in [0.1, 0.15) is 39.5 Å². The molecule has 0 radical (unpaired) electrons. The van der Waals surface area contributed by atoms with Crippen molar-refractivity contribution in [1.29, 1.82) is 0 Å². The number of nitrogens with zero attached hydrogens (tertiary/aromatic N) is 1. The Morgan fingerprint density at radius 1 is 1.42 bits per heavy atom. The minimum atomic E-state index is -0.741. The molecule has 2 rings (SSSR count). The molecule has 0 bridgehead atoms. The maximum absolute atomic E-state index is 12.6. The van der Waals surface area contributed by atoms with Gasteiger partial charge >= 0.3 is 0 Å². The van der Waals surface area contributed by atoms with Gasteiger partial charge in [-0.1, -0.05) is 6.92 Å². The van der Waals surface area contributed by atoms with Gasteiger partial charge in [0, 0.05) is 20.3 Å².